The summed E-state index contributed by atoms with van der Waals surface area (Å²) in [6.45, 7) is 8.06. The summed E-state index contributed by atoms with van der Waals surface area (Å²) in [5, 5.41) is 4.12. The van der Waals surface area contributed by atoms with Crippen molar-refractivity contribution >= 4 is 0 Å². The molecule has 0 aliphatic carbocycles. The van der Waals surface area contributed by atoms with E-state index in [4.69, 9.17) is 4.52 Å². The van der Waals surface area contributed by atoms with Gasteiger partial charge in [0, 0.05) is 17.6 Å². The summed E-state index contributed by atoms with van der Waals surface area (Å²) in [5.74, 6) is 1.28. The molecule has 0 aliphatic heterocycles. The molecule has 2 aromatic carbocycles. The van der Waals surface area contributed by atoms with E-state index in [-0.39, 0.29) is 5.54 Å². The molecule has 0 aliphatic rings. The predicted molar refractivity (Wildman–Crippen MR) is 95.2 cm³/mol. The number of nitrogens with zero attached hydrogens (tertiary/aromatic N) is 3. The first-order chi connectivity index (χ1) is 11.5. The topological polar surface area (TPSA) is 42.2 Å². The fourth-order valence-corrected chi connectivity index (χ4v) is 2.52. The molecule has 0 fully saturated rings. The van der Waals surface area contributed by atoms with Crippen LogP contribution in [-0.2, 0) is 13.1 Å². The molecular formula is C20H23N3O. The zero-order valence-corrected chi connectivity index (χ0v) is 14.4. The zero-order valence-electron chi connectivity index (χ0n) is 14.4. The van der Waals surface area contributed by atoms with Crippen molar-refractivity contribution in [3.63, 3.8) is 0 Å². The molecular weight excluding hydrogens is 298 g/mol. The number of hydrogen-bond donors (Lipinski definition) is 0. The van der Waals surface area contributed by atoms with E-state index in [0.29, 0.717) is 18.3 Å². The van der Waals surface area contributed by atoms with Crippen LogP contribution >= 0.6 is 0 Å². The molecule has 0 unspecified atom stereocenters. The Morgan fingerprint density at radius 1 is 0.875 bits per heavy atom. The van der Waals surface area contributed by atoms with Gasteiger partial charge in [0.05, 0.1) is 6.54 Å². The molecule has 0 spiro atoms. The van der Waals surface area contributed by atoms with Gasteiger partial charge in [-0.25, -0.2) is 0 Å². The molecule has 4 nitrogen and oxygen atoms in total. The van der Waals surface area contributed by atoms with Gasteiger partial charge in [0.1, 0.15) is 0 Å². The van der Waals surface area contributed by atoms with Gasteiger partial charge in [-0.15, -0.1) is 0 Å². The van der Waals surface area contributed by atoms with Crippen molar-refractivity contribution in [2.45, 2.75) is 39.4 Å². The summed E-state index contributed by atoms with van der Waals surface area (Å²) in [6, 6.07) is 20.3. The third-order valence-corrected chi connectivity index (χ3v) is 3.99. The molecule has 1 aromatic heterocycles. The molecule has 124 valence electrons. The lowest BCUT2D eigenvalue weighted by Gasteiger charge is -2.34. The van der Waals surface area contributed by atoms with Crippen LogP contribution in [0.5, 0.6) is 0 Å². The normalized spacial score (nSPS) is 11.8. The molecule has 0 amide bonds. The van der Waals surface area contributed by atoms with Crippen molar-refractivity contribution in [1.82, 2.24) is 15.0 Å². The van der Waals surface area contributed by atoms with Gasteiger partial charge >= 0.3 is 0 Å². The second kappa shape index (κ2) is 6.97. The highest BCUT2D eigenvalue weighted by Crippen LogP contribution is 2.21. The lowest BCUT2D eigenvalue weighted by molar-refractivity contribution is 0.103. The fourth-order valence-electron chi connectivity index (χ4n) is 2.52. The molecule has 24 heavy (non-hydrogen) atoms. The molecule has 0 bridgehead atoms. The van der Waals surface area contributed by atoms with Crippen LogP contribution < -0.4 is 0 Å². The van der Waals surface area contributed by atoms with Crippen molar-refractivity contribution in [2.24, 2.45) is 0 Å². The van der Waals surface area contributed by atoms with Gasteiger partial charge in [-0.3, -0.25) is 4.90 Å². The first-order valence-corrected chi connectivity index (χ1v) is 8.19. The summed E-state index contributed by atoms with van der Waals surface area (Å²) in [5.41, 5.74) is 2.24. The maximum atomic E-state index is 5.48. The standard InChI is InChI=1S/C20H23N3O/c1-20(2,3)23(14-16-10-6-4-7-11-16)15-18-21-19(22-24-18)17-12-8-5-9-13-17/h4-13H,14-15H2,1-3H3. The quantitative estimate of drug-likeness (QED) is 0.692. The second-order valence-electron chi connectivity index (χ2n) is 6.89. The Bertz CT molecular complexity index is 760. The third-order valence-electron chi connectivity index (χ3n) is 3.99. The average Bonchev–Trinajstić information content (AvgIpc) is 3.04. The maximum Gasteiger partial charge on any atom is 0.241 e. The Morgan fingerprint density at radius 3 is 2.12 bits per heavy atom. The fraction of sp³-hybridized carbons (Fsp3) is 0.300. The van der Waals surface area contributed by atoms with Crippen molar-refractivity contribution in [1.29, 1.82) is 0 Å². The first kappa shape index (κ1) is 16.4. The van der Waals surface area contributed by atoms with Gasteiger partial charge in [-0.1, -0.05) is 65.8 Å². The van der Waals surface area contributed by atoms with Crippen molar-refractivity contribution in [3.8, 4) is 11.4 Å². The number of rotatable bonds is 5. The van der Waals surface area contributed by atoms with Crippen LogP contribution in [0.2, 0.25) is 0 Å². The lowest BCUT2D eigenvalue weighted by atomic mass is 10.0. The Morgan fingerprint density at radius 2 is 1.50 bits per heavy atom. The SMILES string of the molecule is CC(C)(C)N(Cc1ccccc1)Cc1nc(-c2ccccc2)no1. The second-order valence-corrected chi connectivity index (χ2v) is 6.89. The molecule has 0 atom stereocenters. The van der Waals surface area contributed by atoms with E-state index < -0.39 is 0 Å². The van der Waals surface area contributed by atoms with E-state index in [0.717, 1.165) is 12.1 Å². The van der Waals surface area contributed by atoms with Crippen LogP contribution in [0.25, 0.3) is 11.4 Å². The molecule has 0 saturated heterocycles. The number of hydrogen-bond acceptors (Lipinski definition) is 4. The first-order valence-electron chi connectivity index (χ1n) is 8.19. The monoisotopic (exact) mass is 321 g/mol. The van der Waals surface area contributed by atoms with E-state index in [9.17, 15) is 0 Å². The van der Waals surface area contributed by atoms with Gasteiger partial charge in [0.25, 0.3) is 0 Å². The van der Waals surface area contributed by atoms with Crippen LogP contribution in [0.15, 0.2) is 65.2 Å². The Labute approximate surface area is 143 Å². The number of benzene rings is 2. The summed E-state index contributed by atoms with van der Waals surface area (Å²) in [4.78, 5) is 6.89. The van der Waals surface area contributed by atoms with E-state index in [1.165, 1.54) is 5.56 Å². The Hall–Kier alpha value is -2.46. The van der Waals surface area contributed by atoms with E-state index >= 15 is 0 Å². The van der Waals surface area contributed by atoms with Crippen LogP contribution in [0.4, 0.5) is 0 Å². The molecule has 0 N–H and O–H groups in total. The molecule has 4 heteroatoms. The molecule has 1 heterocycles. The van der Waals surface area contributed by atoms with Gasteiger partial charge in [-0.05, 0) is 26.3 Å². The van der Waals surface area contributed by atoms with Crippen LogP contribution in [0.1, 0.15) is 32.2 Å². The van der Waals surface area contributed by atoms with Gasteiger partial charge in [0.2, 0.25) is 11.7 Å². The highest BCUT2D eigenvalue weighted by Gasteiger charge is 2.24. The molecule has 0 radical (unpaired) electrons. The summed E-state index contributed by atoms with van der Waals surface area (Å²) >= 11 is 0. The van der Waals surface area contributed by atoms with Crippen molar-refractivity contribution in [2.75, 3.05) is 0 Å². The molecule has 3 aromatic rings. The number of aromatic nitrogens is 2. The minimum absolute atomic E-state index is 0.00276. The van der Waals surface area contributed by atoms with E-state index in [1.54, 1.807) is 0 Å². The van der Waals surface area contributed by atoms with E-state index in [2.05, 4.69) is 60.1 Å². The lowest BCUT2D eigenvalue weighted by Crippen LogP contribution is -2.40. The van der Waals surface area contributed by atoms with Gasteiger partial charge in [0.15, 0.2) is 0 Å². The van der Waals surface area contributed by atoms with Crippen LogP contribution in [0.3, 0.4) is 0 Å². The molecule has 3 rings (SSSR count). The molecule has 0 saturated carbocycles. The van der Waals surface area contributed by atoms with Gasteiger partial charge in [-0.2, -0.15) is 4.98 Å². The van der Waals surface area contributed by atoms with Gasteiger partial charge < -0.3 is 4.52 Å². The van der Waals surface area contributed by atoms with Crippen LogP contribution in [0, 0.1) is 0 Å². The largest absolute Gasteiger partial charge is 0.338 e. The Balaban J connectivity index is 1.77. The zero-order chi connectivity index (χ0) is 17.0. The average molecular weight is 321 g/mol. The smallest absolute Gasteiger partial charge is 0.241 e. The minimum atomic E-state index is -0.00276. The third kappa shape index (κ3) is 4.09. The highest BCUT2D eigenvalue weighted by molar-refractivity contribution is 5.53. The van der Waals surface area contributed by atoms with Crippen molar-refractivity contribution in [3.05, 3.63) is 72.1 Å². The Kier molecular flexibility index (Phi) is 4.76. The summed E-state index contributed by atoms with van der Waals surface area (Å²) in [6.07, 6.45) is 0. The van der Waals surface area contributed by atoms with Crippen molar-refractivity contribution < 1.29 is 4.52 Å². The maximum absolute atomic E-state index is 5.48. The summed E-state index contributed by atoms with van der Waals surface area (Å²) < 4.78 is 5.48. The predicted octanol–water partition coefficient (Wildman–Crippen LogP) is 4.54. The highest BCUT2D eigenvalue weighted by atomic mass is 16.5. The van der Waals surface area contributed by atoms with Crippen LogP contribution in [-0.4, -0.2) is 20.6 Å². The minimum Gasteiger partial charge on any atom is -0.338 e. The van der Waals surface area contributed by atoms with E-state index in [1.807, 2.05) is 36.4 Å². The summed E-state index contributed by atoms with van der Waals surface area (Å²) in [7, 11) is 0.